The lowest BCUT2D eigenvalue weighted by atomic mass is 10.1. The number of nitrogens with two attached hydrogens (primary N) is 1. The molecule has 2 aromatic heterocycles. The lowest BCUT2D eigenvalue weighted by Gasteiger charge is -2.03. The van der Waals surface area contributed by atoms with Gasteiger partial charge in [0, 0.05) is 5.56 Å². The summed E-state index contributed by atoms with van der Waals surface area (Å²) in [5.41, 5.74) is 9.44. The molecule has 0 aliphatic carbocycles. The van der Waals surface area contributed by atoms with E-state index in [4.69, 9.17) is 15.0 Å². The van der Waals surface area contributed by atoms with Crippen molar-refractivity contribution in [3.63, 3.8) is 0 Å². The molecule has 142 valence electrons. The van der Waals surface area contributed by atoms with Crippen molar-refractivity contribution < 1.29 is 9.26 Å². The van der Waals surface area contributed by atoms with Crippen molar-refractivity contribution in [3.05, 3.63) is 54.1 Å². The van der Waals surface area contributed by atoms with Gasteiger partial charge in [0.05, 0.1) is 12.3 Å². The van der Waals surface area contributed by atoms with Crippen molar-refractivity contribution in [1.29, 1.82) is 0 Å². The summed E-state index contributed by atoms with van der Waals surface area (Å²) in [6, 6.07) is 15.4. The number of aromatic nitrogens is 5. The van der Waals surface area contributed by atoms with E-state index in [1.807, 2.05) is 55.5 Å². The smallest absolute Gasteiger partial charge is 0.282 e. The summed E-state index contributed by atoms with van der Waals surface area (Å²) in [6.45, 7) is 4.66. The van der Waals surface area contributed by atoms with Gasteiger partial charge in [-0.2, -0.15) is 9.67 Å². The topological polar surface area (TPSA) is 105 Å². The second kappa shape index (κ2) is 7.51. The molecule has 8 nitrogen and oxygen atoms in total. The van der Waals surface area contributed by atoms with E-state index in [-0.39, 0.29) is 5.89 Å². The first-order chi connectivity index (χ1) is 13.7. The third-order valence-corrected chi connectivity index (χ3v) is 4.35. The number of hydrogen-bond donors (Lipinski definition) is 1. The van der Waals surface area contributed by atoms with Gasteiger partial charge < -0.3 is 15.0 Å². The van der Waals surface area contributed by atoms with Crippen LogP contribution >= 0.6 is 0 Å². The van der Waals surface area contributed by atoms with Gasteiger partial charge in [-0.25, -0.2) is 0 Å². The van der Waals surface area contributed by atoms with Crippen molar-refractivity contribution in [2.24, 2.45) is 0 Å². The summed E-state index contributed by atoms with van der Waals surface area (Å²) >= 11 is 0. The third-order valence-electron chi connectivity index (χ3n) is 4.35. The molecule has 0 saturated carbocycles. The van der Waals surface area contributed by atoms with E-state index in [1.54, 1.807) is 4.68 Å². The number of nitrogens with zero attached hydrogens (tertiary/aromatic N) is 5. The first kappa shape index (κ1) is 17.7. The number of hydrogen-bond acceptors (Lipinski definition) is 7. The van der Waals surface area contributed by atoms with Gasteiger partial charge in [-0.3, -0.25) is 0 Å². The van der Waals surface area contributed by atoms with E-state index in [0.717, 1.165) is 23.4 Å². The average molecular weight is 376 g/mol. The Kier molecular flexibility index (Phi) is 4.76. The van der Waals surface area contributed by atoms with Gasteiger partial charge in [0.2, 0.25) is 5.82 Å². The second-order valence-corrected chi connectivity index (χ2v) is 6.14. The highest BCUT2D eigenvalue weighted by Crippen LogP contribution is 2.27. The van der Waals surface area contributed by atoms with Crippen LogP contribution in [0.5, 0.6) is 5.75 Å². The zero-order valence-corrected chi connectivity index (χ0v) is 15.7. The largest absolute Gasteiger partial charge is 0.494 e. The van der Waals surface area contributed by atoms with Crippen LogP contribution in [0.4, 0.5) is 5.82 Å². The molecule has 2 heterocycles. The molecule has 0 unspecified atom stereocenters. The molecular weight excluding hydrogens is 356 g/mol. The standard InChI is InChI=1S/C20H20N6O2/c1-3-13-5-9-15(10-6-13)26-18(21)17(23-25-26)20-22-19(24-28-20)14-7-11-16(12-8-14)27-4-2/h5-12H,3-4,21H2,1-2H3. The van der Waals surface area contributed by atoms with Crippen LogP contribution in [0.2, 0.25) is 0 Å². The minimum atomic E-state index is 0.220. The van der Waals surface area contributed by atoms with Gasteiger partial charge >= 0.3 is 0 Å². The fraction of sp³-hybridized carbons (Fsp3) is 0.200. The Bertz CT molecular complexity index is 1070. The molecule has 28 heavy (non-hydrogen) atoms. The molecule has 0 atom stereocenters. The van der Waals surface area contributed by atoms with Crippen molar-refractivity contribution in [2.45, 2.75) is 20.3 Å². The van der Waals surface area contributed by atoms with E-state index in [2.05, 4.69) is 27.4 Å². The number of ether oxygens (including phenoxy) is 1. The molecule has 0 fully saturated rings. The maximum absolute atomic E-state index is 6.23. The monoisotopic (exact) mass is 376 g/mol. The normalized spacial score (nSPS) is 10.9. The molecule has 2 aromatic carbocycles. The van der Waals surface area contributed by atoms with Crippen molar-refractivity contribution >= 4 is 5.82 Å². The number of rotatable bonds is 6. The fourth-order valence-corrected chi connectivity index (χ4v) is 2.81. The van der Waals surface area contributed by atoms with Crippen LogP contribution in [-0.2, 0) is 6.42 Å². The molecule has 0 spiro atoms. The Morgan fingerprint density at radius 2 is 1.79 bits per heavy atom. The lowest BCUT2D eigenvalue weighted by molar-refractivity contribution is 0.340. The highest BCUT2D eigenvalue weighted by Gasteiger charge is 2.19. The molecule has 0 aliphatic heterocycles. The minimum Gasteiger partial charge on any atom is -0.494 e. The van der Waals surface area contributed by atoms with Crippen molar-refractivity contribution in [3.8, 4) is 34.4 Å². The van der Waals surface area contributed by atoms with Gasteiger partial charge in [-0.15, -0.1) is 5.10 Å². The fourth-order valence-electron chi connectivity index (χ4n) is 2.81. The van der Waals surface area contributed by atoms with E-state index in [1.165, 1.54) is 5.56 Å². The van der Waals surface area contributed by atoms with Crippen LogP contribution in [0, 0.1) is 0 Å². The third kappa shape index (κ3) is 3.32. The first-order valence-electron chi connectivity index (χ1n) is 9.07. The van der Waals surface area contributed by atoms with E-state index in [9.17, 15) is 0 Å². The maximum atomic E-state index is 6.23. The molecule has 4 rings (SSSR count). The summed E-state index contributed by atoms with van der Waals surface area (Å²) < 4.78 is 12.4. The predicted molar refractivity (Wildman–Crippen MR) is 105 cm³/mol. The summed E-state index contributed by atoms with van der Waals surface area (Å²) in [5.74, 6) is 1.79. The van der Waals surface area contributed by atoms with Crippen LogP contribution in [0.15, 0.2) is 53.1 Å². The van der Waals surface area contributed by atoms with E-state index < -0.39 is 0 Å². The molecular formula is C20H20N6O2. The molecule has 0 bridgehead atoms. The van der Waals surface area contributed by atoms with Crippen LogP contribution in [0.3, 0.4) is 0 Å². The highest BCUT2D eigenvalue weighted by molar-refractivity contribution is 5.66. The van der Waals surface area contributed by atoms with Gasteiger partial charge in [-0.1, -0.05) is 29.4 Å². The van der Waals surface area contributed by atoms with E-state index in [0.29, 0.717) is 23.9 Å². The van der Waals surface area contributed by atoms with Crippen LogP contribution < -0.4 is 10.5 Å². The molecule has 4 aromatic rings. The molecule has 2 N–H and O–H groups in total. The van der Waals surface area contributed by atoms with Gasteiger partial charge in [0.1, 0.15) is 5.75 Å². The Hall–Kier alpha value is -3.68. The summed E-state index contributed by atoms with van der Waals surface area (Å²) in [4.78, 5) is 4.41. The van der Waals surface area contributed by atoms with Crippen LogP contribution in [0.25, 0.3) is 28.7 Å². The highest BCUT2D eigenvalue weighted by atomic mass is 16.5. The molecule has 0 radical (unpaired) electrons. The van der Waals surface area contributed by atoms with Crippen LogP contribution in [0.1, 0.15) is 19.4 Å². The summed E-state index contributed by atoms with van der Waals surface area (Å²) in [6.07, 6.45) is 0.967. The summed E-state index contributed by atoms with van der Waals surface area (Å²) in [7, 11) is 0. The van der Waals surface area contributed by atoms with Crippen molar-refractivity contribution in [1.82, 2.24) is 25.1 Å². The molecule has 0 amide bonds. The first-order valence-corrected chi connectivity index (χ1v) is 9.07. The molecule has 8 heteroatoms. The minimum absolute atomic E-state index is 0.220. The Labute approximate surface area is 161 Å². The Morgan fingerprint density at radius 1 is 1.04 bits per heavy atom. The zero-order chi connectivity index (χ0) is 19.5. The van der Waals surface area contributed by atoms with Gasteiger partial charge in [-0.05, 0) is 55.3 Å². The Balaban J connectivity index is 1.61. The predicted octanol–water partition coefficient (Wildman–Crippen LogP) is 3.53. The van der Waals surface area contributed by atoms with E-state index >= 15 is 0 Å². The number of nitrogen functional groups attached to an aromatic ring is 1. The average Bonchev–Trinajstić information content (AvgIpc) is 3.36. The molecule has 0 saturated heterocycles. The summed E-state index contributed by atoms with van der Waals surface area (Å²) in [5, 5.41) is 12.3. The number of aryl methyl sites for hydroxylation is 1. The number of anilines is 1. The SMILES string of the molecule is CCOc1ccc(-c2noc(-c3nnn(-c4ccc(CC)cc4)c3N)n2)cc1. The molecule has 0 aliphatic rings. The zero-order valence-electron chi connectivity index (χ0n) is 15.7. The van der Waals surface area contributed by atoms with Crippen LogP contribution in [-0.4, -0.2) is 31.7 Å². The lowest BCUT2D eigenvalue weighted by Crippen LogP contribution is -2.02. The maximum Gasteiger partial charge on any atom is 0.282 e. The quantitative estimate of drug-likeness (QED) is 0.549. The van der Waals surface area contributed by atoms with Crippen molar-refractivity contribution in [2.75, 3.05) is 12.3 Å². The Morgan fingerprint density at radius 3 is 2.46 bits per heavy atom. The number of benzene rings is 2. The van der Waals surface area contributed by atoms with Gasteiger partial charge in [0.15, 0.2) is 11.5 Å². The van der Waals surface area contributed by atoms with Gasteiger partial charge in [0.25, 0.3) is 5.89 Å². The second-order valence-electron chi connectivity index (χ2n) is 6.14.